The van der Waals surface area contributed by atoms with Gasteiger partial charge in [0.2, 0.25) is 5.88 Å². The van der Waals surface area contributed by atoms with E-state index in [4.69, 9.17) is 30.5 Å². The van der Waals surface area contributed by atoms with Gasteiger partial charge < -0.3 is 18.9 Å². The molecule has 0 fully saturated rings. The zero-order valence-electron chi connectivity index (χ0n) is 20.6. The van der Waals surface area contributed by atoms with Crippen LogP contribution >= 0.6 is 11.6 Å². The first-order valence-electron chi connectivity index (χ1n) is 11.4. The zero-order valence-corrected chi connectivity index (χ0v) is 21.4. The summed E-state index contributed by atoms with van der Waals surface area (Å²) < 4.78 is 22.8. The highest BCUT2D eigenvalue weighted by Gasteiger charge is 2.36. The molecular weight excluding hydrogens is 458 g/mol. The van der Waals surface area contributed by atoms with Gasteiger partial charge in [-0.3, -0.25) is 9.59 Å². The summed E-state index contributed by atoms with van der Waals surface area (Å²) in [5, 5.41) is -0.750. The van der Waals surface area contributed by atoms with E-state index >= 15 is 0 Å². The van der Waals surface area contributed by atoms with Gasteiger partial charge in [-0.1, -0.05) is 6.07 Å². The lowest BCUT2D eigenvalue weighted by molar-refractivity contribution is -0.142. The number of pyridine rings is 1. The van der Waals surface area contributed by atoms with Crippen molar-refractivity contribution in [3.63, 3.8) is 0 Å². The van der Waals surface area contributed by atoms with Crippen LogP contribution in [0.3, 0.4) is 0 Å². The normalized spacial score (nSPS) is 17.9. The average molecular weight is 490 g/mol. The van der Waals surface area contributed by atoms with Crippen molar-refractivity contribution in [2.24, 2.45) is 0 Å². The van der Waals surface area contributed by atoms with Gasteiger partial charge in [-0.15, -0.1) is 11.6 Å². The number of alkyl halides is 1. The van der Waals surface area contributed by atoms with Crippen LogP contribution in [0.25, 0.3) is 0 Å². The molecule has 2 heterocycles. The fraction of sp³-hybridized carbons (Fsp3) is 0.500. The Morgan fingerprint density at radius 3 is 2.56 bits per heavy atom. The summed E-state index contributed by atoms with van der Waals surface area (Å²) in [5.41, 5.74) is 4.15. The van der Waals surface area contributed by atoms with Gasteiger partial charge in [-0.2, -0.15) is 0 Å². The molecule has 1 aliphatic rings. The minimum absolute atomic E-state index is 0.296. The first-order valence-corrected chi connectivity index (χ1v) is 11.9. The summed E-state index contributed by atoms with van der Waals surface area (Å²) in [6, 6.07) is 3.60. The molecule has 1 aromatic heterocycles. The average Bonchev–Trinajstić information content (AvgIpc) is 2.80. The van der Waals surface area contributed by atoms with Gasteiger partial charge in [0.1, 0.15) is 29.1 Å². The molecule has 0 saturated carbocycles. The molecule has 1 aliphatic heterocycles. The van der Waals surface area contributed by atoms with Crippen LogP contribution in [-0.2, 0) is 27.2 Å². The third kappa shape index (κ3) is 5.81. The molecule has 0 saturated heterocycles. The molecule has 2 unspecified atom stereocenters. The maximum Gasteiger partial charge on any atom is 0.324 e. The van der Waals surface area contributed by atoms with E-state index in [2.05, 4.69) is 4.98 Å². The summed E-state index contributed by atoms with van der Waals surface area (Å²) in [5.74, 6) is 1.16. The van der Waals surface area contributed by atoms with Crippen molar-refractivity contribution < 1.29 is 28.5 Å². The molecule has 34 heavy (non-hydrogen) atoms. The quantitative estimate of drug-likeness (QED) is 0.299. The lowest BCUT2D eigenvalue weighted by Gasteiger charge is -2.37. The number of aromatic nitrogens is 1. The highest BCUT2D eigenvalue weighted by Crippen LogP contribution is 2.43. The minimum Gasteiger partial charge on any atom is -0.483 e. The van der Waals surface area contributed by atoms with Crippen molar-refractivity contribution in [2.45, 2.75) is 71.8 Å². The van der Waals surface area contributed by atoms with E-state index in [9.17, 15) is 9.59 Å². The van der Waals surface area contributed by atoms with Crippen LogP contribution in [0.5, 0.6) is 17.4 Å². The van der Waals surface area contributed by atoms with Gasteiger partial charge in [0, 0.05) is 31.2 Å². The van der Waals surface area contributed by atoms with Gasteiger partial charge in [0.05, 0.1) is 6.61 Å². The van der Waals surface area contributed by atoms with Crippen molar-refractivity contribution in [1.82, 2.24) is 4.98 Å². The largest absolute Gasteiger partial charge is 0.483 e. The predicted octanol–water partition coefficient (Wildman–Crippen LogP) is 4.81. The van der Waals surface area contributed by atoms with Gasteiger partial charge in [0.25, 0.3) is 0 Å². The maximum atomic E-state index is 11.7. The van der Waals surface area contributed by atoms with E-state index in [0.717, 1.165) is 46.4 Å². The second kappa shape index (κ2) is 10.6. The van der Waals surface area contributed by atoms with Crippen molar-refractivity contribution in [2.75, 3.05) is 13.2 Å². The molecule has 7 nitrogen and oxygen atoms in total. The Balaban J connectivity index is 1.67. The topological polar surface area (TPSA) is 84.0 Å². The zero-order chi connectivity index (χ0) is 25.0. The smallest absolute Gasteiger partial charge is 0.324 e. The Labute approximate surface area is 205 Å². The van der Waals surface area contributed by atoms with Crippen molar-refractivity contribution in [3.05, 3.63) is 46.1 Å². The fourth-order valence-corrected chi connectivity index (χ4v) is 4.29. The van der Waals surface area contributed by atoms with Crippen molar-refractivity contribution in [1.29, 1.82) is 0 Å². The van der Waals surface area contributed by atoms with Crippen molar-refractivity contribution >= 4 is 23.5 Å². The molecule has 3 rings (SSSR count). The Kier molecular flexibility index (Phi) is 8.08. The number of halogens is 1. The summed E-state index contributed by atoms with van der Waals surface area (Å²) >= 11 is 6.10. The Hall–Kier alpha value is -2.80. The molecule has 1 aromatic carbocycles. The lowest BCUT2D eigenvalue weighted by atomic mass is 9.87. The first kappa shape index (κ1) is 25.8. The molecule has 2 aromatic rings. The number of rotatable bonds is 8. The predicted molar refractivity (Wildman–Crippen MR) is 129 cm³/mol. The summed E-state index contributed by atoms with van der Waals surface area (Å²) in [4.78, 5) is 27.6. The minimum atomic E-state index is -0.750. The number of benzene rings is 1. The highest BCUT2D eigenvalue weighted by molar-refractivity contribution is 6.30. The van der Waals surface area contributed by atoms with E-state index in [1.54, 1.807) is 19.2 Å². The Bertz CT molecular complexity index is 1070. The Morgan fingerprint density at radius 1 is 1.21 bits per heavy atom. The van der Waals surface area contributed by atoms with Gasteiger partial charge in [0.15, 0.2) is 0 Å². The Morgan fingerprint density at radius 2 is 1.94 bits per heavy atom. The summed E-state index contributed by atoms with van der Waals surface area (Å²) in [6.07, 6.45) is 3.51. The number of nitrogens with zero attached hydrogens (tertiary/aromatic N) is 1. The molecule has 0 aliphatic carbocycles. The number of ether oxygens (including phenoxy) is 4. The van der Waals surface area contributed by atoms with E-state index in [1.807, 2.05) is 33.8 Å². The lowest BCUT2D eigenvalue weighted by Crippen LogP contribution is -2.42. The third-order valence-corrected chi connectivity index (χ3v) is 6.42. The van der Waals surface area contributed by atoms with E-state index in [1.165, 1.54) is 6.92 Å². The summed E-state index contributed by atoms with van der Waals surface area (Å²) in [6.45, 7) is 11.7. The first-order chi connectivity index (χ1) is 16.0. The monoisotopic (exact) mass is 489 g/mol. The SMILES string of the molecule is CCOC(=O)C(Cl)Cc1ccc(OCC2(C)CCc3c(C)c(OC(C)=O)c(C)c(C)c3O2)nc1. The second-order valence-electron chi connectivity index (χ2n) is 8.87. The summed E-state index contributed by atoms with van der Waals surface area (Å²) in [7, 11) is 0. The number of carbonyl (C=O) groups is 2. The van der Waals surface area contributed by atoms with Crippen LogP contribution in [-0.4, -0.2) is 41.1 Å². The number of hydrogen-bond acceptors (Lipinski definition) is 7. The van der Waals surface area contributed by atoms with E-state index < -0.39 is 16.9 Å². The number of hydrogen-bond donors (Lipinski definition) is 0. The van der Waals surface area contributed by atoms with Crippen LogP contribution in [0.4, 0.5) is 0 Å². The van der Waals surface area contributed by atoms with Gasteiger partial charge in [-0.05, 0) is 69.7 Å². The molecule has 0 bridgehead atoms. The standard InChI is InChI=1S/C26H32ClNO6/c1-7-31-25(30)21(27)12-19-8-9-22(28-13-19)32-14-26(6)11-10-20-17(4)23(33-18(5)29)15(2)16(3)24(20)34-26/h8-9,13,21H,7,10-12,14H2,1-6H3. The maximum absolute atomic E-state index is 11.7. The fourth-order valence-electron chi connectivity index (χ4n) is 4.05. The van der Waals surface area contributed by atoms with Gasteiger partial charge in [-0.25, -0.2) is 4.98 Å². The molecule has 8 heteroatoms. The van der Waals surface area contributed by atoms with Crippen molar-refractivity contribution in [3.8, 4) is 17.4 Å². The van der Waals surface area contributed by atoms with Crippen LogP contribution in [0, 0.1) is 20.8 Å². The molecule has 0 N–H and O–H groups in total. The molecular formula is C26H32ClNO6. The van der Waals surface area contributed by atoms with Crippen LogP contribution < -0.4 is 14.2 Å². The van der Waals surface area contributed by atoms with E-state index in [0.29, 0.717) is 31.3 Å². The van der Waals surface area contributed by atoms with Crippen LogP contribution in [0.2, 0.25) is 0 Å². The highest BCUT2D eigenvalue weighted by atomic mass is 35.5. The molecule has 0 amide bonds. The molecule has 0 radical (unpaired) electrons. The van der Waals surface area contributed by atoms with Crippen LogP contribution in [0.15, 0.2) is 18.3 Å². The third-order valence-electron chi connectivity index (χ3n) is 6.09. The van der Waals surface area contributed by atoms with Gasteiger partial charge >= 0.3 is 11.9 Å². The molecule has 0 spiro atoms. The molecule has 2 atom stereocenters. The number of fused-ring (bicyclic) bond motifs is 1. The second-order valence-corrected chi connectivity index (χ2v) is 9.40. The van der Waals surface area contributed by atoms with Crippen LogP contribution in [0.1, 0.15) is 55.0 Å². The number of esters is 2. The van der Waals surface area contributed by atoms with E-state index in [-0.39, 0.29) is 5.97 Å². The molecule has 184 valence electrons. The number of carbonyl (C=O) groups excluding carboxylic acids is 2.